The number of carbonyl (C=O) groups excluding carboxylic acids is 5. The lowest BCUT2D eigenvalue weighted by molar-refractivity contribution is -0.164. The summed E-state index contributed by atoms with van der Waals surface area (Å²) in [6.45, 7) is 14.2. The van der Waals surface area contributed by atoms with Crippen LogP contribution >= 0.6 is 11.8 Å². The van der Waals surface area contributed by atoms with E-state index in [1.807, 2.05) is 6.92 Å². The molecule has 4 heterocycles. The molecule has 234 valence electrons. The summed E-state index contributed by atoms with van der Waals surface area (Å²) in [6.07, 6.45) is 2.52. The molecule has 14 heteroatoms. The highest BCUT2D eigenvalue weighted by atomic mass is 32.2. The summed E-state index contributed by atoms with van der Waals surface area (Å²) < 4.78 is 15.8. The summed E-state index contributed by atoms with van der Waals surface area (Å²) in [7, 11) is 0. The second-order valence-electron chi connectivity index (χ2n) is 10.8. The quantitative estimate of drug-likeness (QED) is 0.150. The Bertz CT molecular complexity index is 1220. The number of aliphatic hydroxyl groups is 1. The van der Waals surface area contributed by atoms with Gasteiger partial charge in [-0.1, -0.05) is 44.9 Å². The van der Waals surface area contributed by atoms with Crippen LogP contribution in [-0.2, 0) is 28.6 Å². The average Bonchev–Trinajstić information content (AvgIpc) is 3.50. The number of amides is 4. The fraction of sp³-hybridized carbons (Fsp3) is 0.552. The Morgan fingerprint density at radius 2 is 1.67 bits per heavy atom. The molecule has 7 atom stereocenters. The van der Waals surface area contributed by atoms with Gasteiger partial charge < -0.3 is 34.4 Å². The van der Waals surface area contributed by atoms with E-state index in [1.165, 1.54) is 44.7 Å². The second-order valence-corrected chi connectivity index (χ2v) is 12.2. The Balaban J connectivity index is 1.60. The van der Waals surface area contributed by atoms with Gasteiger partial charge in [-0.3, -0.25) is 14.5 Å². The predicted molar refractivity (Wildman–Crippen MR) is 156 cm³/mol. The number of likely N-dealkylation sites (tertiary alicyclic amines) is 1. The number of β-lactam (4-membered cyclic amide) rings is 1. The van der Waals surface area contributed by atoms with Gasteiger partial charge in [0, 0.05) is 29.2 Å². The molecule has 0 bridgehead atoms. The lowest BCUT2D eigenvalue weighted by Gasteiger charge is -2.46. The summed E-state index contributed by atoms with van der Waals surface area (Å²) in [4.78, 5) is 69.3. The summed E-state index contributed by atoms with van der Waals surface area (Å²) in [5.41, 5.74) is 0.137. The fourth-order valence-electron chi connectivity index (χ4n) is 6.12. The van der Waals surface area contributed by atoms with Crippen molar-refractivity contribution in [1.82, 2.24) is 20.0 Å². The Hall–Kier alpha value is -3.78. The summed E-state index contributed by atoms with van der Waals surface area (Å²) in [5.74, 6) is -2.34. The molecule has 0 aromatic heterocycles. The molecule has 43 heavy (non-hydrogen) atoms. The first-order valence-corrected chi connectivity index (χ1v) is 15.0. The smallest absolute Gasteiger partial charge is 0.410 e. The molecule has 0 aromatic carbocycles. The van der Waals surface area contributed by atoms with Crippen LogP contribution in [0.2, 0.25) is 0 Å². The number of piperazine rings is 1. The van der Waals surface area contributed by atoms with Crippen LogP contribution in [0.25, 0.3) is 0 Å². The van der Waals surface area contributed by atoms with Gasteiger partial charge in [-0.25, -0.2) is 14.4 Å². The van der Waals surface area contributed by atoms with Crippen LogP contribution in [-0.4, -0.2) is 119 Å². The Kier molecular flexibility index (Phi) is 10.2. The van der Waals surface area contributed by atoms with Crippen molar-refractivity contribution in [3.05, 3.63) is 48.6 Å². The van der Waals surface area contributed by atoms with Gasteiger partial charge in [0.15, 0.2) is 0 Å². The zero-order valence-electron chi connectivity index (χ0n) is 24.3. The number of rotatable bonds is 11. The van der Waals surface area contributed by atoms with E-state index in [4.69, 9.17) is 14.2 Å². The third-order valence-electron chi connectivity index (χ3n) is 7.94. The summed E-state index contributed by atoms with van der Waals surface area (Å²) in [6, 6.07) is -1.57. The maximum atomic E-state index is 13.2. The Labute approximate surface area is 254 Å². The van der Waals surface area contributed by atoms with E-state index >= 15 is 0 Å². The van der Waals surface area contributed by atoms with Crippen molar-refractivity contribution in [2.75, 3.05) is 39.5 Å². The highest BCUT2D eigenvalue weighted by molar-refractivity contribution is 8.03. The molecule has 2 N–H and O–H groups in total. The fourth-order valence-corrected chi connectivity index (χ4v) is 7.65. The number of nitrogens with one attached hydrogen (secondary N) is 1. The normalized spacial score (nSPS) is 28.9. The van der Waals surface area contributed by atoms with Crippen molar-refractivity contribution in [1.29, 1.82) is 0 Å². The van der Waals surface area contributed by atoms with E-state index in [9.17, 15) is 29.1 Å². The monoisotopic (exact) mass is 618 g/mol. The molecule has 4 aliphatic heterocycles. The van der Waals surface area contributed by atoms with Crippen LogP contribution in [0, 0.1) is 11.8 Å². The molecule has 3 fully saturated rings. The minimum atomic E-state index is -0.895. The minimum Gasteiger partial charge on any atom is -0.457 e. The third kappa shape index (κ3) is 6.44. The number of aliphatic hydroxyl groups excluding tert-OH is 1. The van der Waals surface area contributed by atoms with Crippen molar-refractivity contribution in [2.45, 2.75) is 49.7 Å². The van der Waals surface area contributed by atoms with Gasteiger partial charge in [-0.15, -0.1) is 11.8 Å². The van der Waals surface area contributed by atoms with Gasteiger partial charge in [0.1, 0.15) is 32.1 Å². The Morgan fingerprint density at radius 3 is 2.30 bits per heavy atom. The van der Waals surface area contributed by atoms with Crippen LogP contribution < -0.4 is 5.32 Å². The highest BCUT2D eigenvalue weighted by Crippen LogP contribution is 2.52. The highest BCUT2D eigenvalue weighted by Gasteiger charge is 2.60. The molecule has 13 nitrogen and oxygen atoms in total. The Morgan fingerprint density at radius 1 is 1.05 bits per heavy atom. The average molecular weight is 619 g/mol. The molecular formula is C29H38N4O9S. The van der Waals surface area contributed by atoms with Crippen molar-refractivity contribution in [3.63, 3.8) is 0 Å². The van der Waals surface area contributed by atoms with E-state index in [0.29, 0.717) is 11.3 Å². The molecular weight excluding hydrogens is 580 g/mol. The van der Waals surface area contributed by atoms with Gasteiger partial charge in [-0.2, -0.15) is 0 Å². The number of hydrogen-bond donors (Lipinski definition) is 2. The first-order valence-electron chi connectivity index (χ1n) is 14.1. The van der Waals surface area contributed by atoms with Crippen LogP contribution in [0.3, 0.4) is 0 Å². The summed E-state index contributed by atoms with van der Waals surface area (Å²) in [5, 5.41) is 12.9. The zero-order chi connectivity index (χ0) is 31.4. The van der Waals surface area contributed by atoms with Gasteiger partial charge in [-0.05, 0) is 13.3 Å². The first kappa shape index (κ1) is 32.1. The predicted octanol–water partition coefficient (Wildman–Crippen LogP) is 1.41. The van der Waals surface area contributed by atoms with Crippen molar-refractivity contribution >= 4 is 41.7 Å². The third-order valence-corrected chi connectivity index (χ3v) is 9.43. The van der Waals surface area contributed by atoms with Crippen LogP contribution in [0.4, 0.5) is 9.59 Å². The number of carbonyl (C=O) groups is 5. The number of esters is 1. The largest absolute Gasteiger partial charge is 0.457 e. The topological polar surface area (TPSA) is 155 Å². The van der Waals surface area contributed by atoms with E-state index in [1.54, 1.807) is 6.92 Å². The van der Waals surface area contributed by atoms with Crippen LogP contribution in [0.5, 0.6) is 0 Å². The standard InChI is InChI=1S/C29H38N4O9S/c1-6-9-40-27(37)24-25(16(4)23-22(17(5)34)26(36)33(23)24)43-18-12-20(32(13-18)29(39)42-11-8-3)19-14-31(15-21(35)30-19)28(38)41-10-7-2/h6-8,16-20,22-23,34H,1-3,9-15H2,4-5H3,(H,30,35)/t16-,17-,18+,19?,20+,22-,23-/m1/s1. The number of nitrogens with zero attached hydrogens (tertiary/aromatic N) is 3. The van der Waals surface area contributed by atoms with E-state index in [0.717, 1.165) is 0 Å². The lowest BCUT2D eigenvalue weighted by atomic mass is 9.79. The maximum Gasteiger partial charge on any atom is 0.410 e. The van der Waals surface area contributed by atoms with Crippen molar-refractivity contribution in [3.8, 4) is 0 Å². The molecule has 0 aliphatic carbocycles. The van der Waals surface area contributed by atoms with Crippen molar-refractivity contribution < 1.29 is 43.3 Å². The molecule has 1 unspecified atom stereocenters. The molecule has 0 saturated carbocycles. The van der Waals surface area contributed by atoms with E-state index in [-0.39, 0.29) is 62.2 Å². The number of thioether (sulfide) groups is 1. The van der Waals surface area contributed by atoms with Crippen molar-refractivity contribution in [2.24, 2.45) is 11.8 Å². The van der Waals surface area contributed by atoms with Crippen LogP contribution in [0.1, 0.15) is 20.3 Å². The number of ether oxygens (including phenoxy) is 3. The minimum absolute atomic E-state index is 0.00887. The number of hydrogen-bond acceptors (Lipinski definition) is 10. The molecule has 0 spiro atoms. The molecule has 3 saturated heterocycles. The van der Waals surface area contributed by atoms with Crippen LogP contribution in [0.15, 0.2) is 48.6 Å². The van der Waals surface area contributed by atoms with Gasteiger partial charge in [0.25, 0.3) is 0 Å². The molecule has 4 amide bonds. The maximum absolute atomic E-state index is 13.2. The van der Waals surface area contributed by atoms with Gasteiger partial charge in [0.05, 0.1) is 30.1 Å². The first-order chi connectivity index (χ1) is 20.5. The van der Waals surface area contributed by atoms with Gasteiger partial charge >= 0.3 is 18.2 Å². The SMILES string of the molecule is C=CCOC(=O)C1=C(S[C@H]2C[C@@H](C3CN(C(=O)OCC=C)CC(=O)N3)N(C(=O)OCC=C)C2)[C@H](C)[C@@H]2[C@@H]([C@@H](C)O)C(=O)N12. The zero-order valence-corrected chi connectivity index (χ0v) is 25.1. The van der Waals surface area contributed by atoms with E-state index < -0.39 is 54.2 Å². The lowest BCUT2D eigenvalue weighted by Crippen LogP contribution is -2.63. The molecule has 0 radical (unpaired) electrons. The second kappa shape index (κ2) is 13.7. The summed E-state index contributed by atoms with van der Waals surface area (Å²) >= 11 is 1.37. The van der Waals surface area contributed by atoms with Gasteiger partial charge in [0.2, 0.25) is 11.8 Å². The molecule has 0 aromatic rings. The number of fused-ring (bicyclic) bond motifs is 1. The molecule has 4 rings (SSSR count). The van der Waals surface area contributed by atoms with E-state index in [2.05, 4.69) is 25.1 Å². The molecule has 4 aliphatic rings.